The van der Waals surface area contributed by atoms with Crippen molar-refractivity contribution in [2.45, 2.75) is 37.9 Å². The average Bonchev–Trinajstić information content (AvgIpc) is 3.25. The molecule has 1 aliphatic carbocycles. The Morgan fingerprint density at radius 3 is 2.64 bits per heavy atom. The molecule has 122 valence electrons. The van der Waals surface area contributed by atoms with Crippen LogP contribution < -0.4 is 0 Å². The number of amides is 1. The van der Waals surface area contributed by atoms with Crippen LogP contribution in [-0.2, 0) is 25.4 Å². The number of hydrogen-bond donors (Lipinski definition) is 1. The van der Waals surface area contributed by atoms with Gasteiger partial charge < -0.3 is 14.2 Å². The predicted molar refractivity (Wildman–Crippen MR) is 82.4 cm³/mol. The number of rotatable bonds is 6. The molecule has 2 aliphatic rings. The minimum absolute atomic E-state index is 0.205. The summed E-state index contributed by atoms with van der Waals surface area (Å²) in [5.41, 5.74) is 1.30. The summed E-state index contributed by atoms with van der Waals surface area (Å²) >= 11 is -1.92. The minimum atomic E-state index is -1.92. The molecule has 1 saturated carbocycles. The van der Waals surface area contributed by atoms with E-state index in [9.17, 15) is 18.4 Å². The van der Waals surface area contributed by atoms with E-state index >= 15 is 0 Å². The summed E-state index contributed by atoms with van der Waals surface area (Å²) in [5, 5.41) is 0. The molecule has 1 atom stereocenters. The summed E-state index contributed by atoms with van der Waals surface area (Å²) in [6.07, 6.45) is 1.82. The number of carbonyl (C=O) groups excluding carboxylic acids is 2. The summed E-state index contributed by atoms with van der Waals surface area (Å²) in [4.78, 5) is 25.8. The molecule has 22 heavy (non-hydrogen) atoms. The van der Waals surface area contributed by atoms with Crippen LogP contribution in [0.3, 0.4) is 0 Å². The Hall–Kier alpha value is -1.47. The van der Waals surface area contributed by atoms with Crippen molar-refractivity contribution >= 4 is 23.0 Å². The molecule has 1 N–H and O–H groups in total. The highest BCUT2D eigenvalue weighted by Crippen LogP contribution is 2.42. The first-order valence-electron chi connectivity index (χ1n) is 7.29. The Morgan fingerprint density at radius 2 is 2.14 bits per heavy atom. The number of carbonyl (C=O) groups is 2. The van der Waals surface area contributed by atoms with E-state index in [4.69, 9.17) is 4.74 Å². The molecule has 0 bridgehead atoms. The van der Waals surface area contributed by atoms with Gasteiger partial charge in [-0.1, -0.05) is 6.58 Å². The van der Waals surface area contributed by atoms with Gasteiger partial charge >= 0.3 is 5.97 Å². The normalized spacial score (nSPS) is 21.6. The minimum Gasteiger partial charge on any atom is -0.462 e. The van der Waals surface area contributed by atoms with Crippen molar-refractivity contribution in [1.82, 2.24) is 4.90 Å². The predicted octanol–water partition coefficient (Wildman–Crippen LogP) is 1.41. The summed E-state index contributed by atoms with van der Waals surface area (Å²) in [6.45, 7) is 8.06. The fourth-order valence-electron chi connectivity index (χ4n) is 2.65. The van der Waals surface area contributed by atoms with E-state index in [1.807, 2.05) is 0 Å². The van der Waals surface area contributed by atoms with Crippen LogP contribution in [0.25, 0.3) is 0 Å². The highest BCUT2D eigenvalue weighted by Gasteiger charge is 2.51. The molecule has 1 aliphatic heterocycles. The zero-order chi connectivity index (χ0) is 16.5. The first kappa shape index (κ1) is 16.9. The first-order chi connectivity index (χ1) is 10.3. The SMILES string of the molecule is C=C(C(=O)OCC)C1=C(C)C(=O)N(CC2(S(=O)O)CC2)CC1. The van der Waals surface area contributed by atoms with Gasteiger partial charge in [-0.05, 0) is 38.7 Å². The second-order valence-corrected chi connectivity index (χ2v) is 7.08. The quantitative estimate of drug-likeness (QED) is 0.453. The Kier molecular flexibility index (Phi) is 4.87. The first-order valence-corrected chi connectivity index (χ1v) is 8.39. The van der Waals surface area contributed by atoms with Gasteiger partial charge in [-0.3, -0.25) is 4.79 Å². The molecule has 2 rings (SSSR count). The fraction of sp³-hybridized carbons (Fsp3) is 0.600. The van der Waals surface area contributed by atoms with Crippen molar-refractivity contribution in [3.8, 4) is 0 Å². The zero-order valence-corrected chi connectivity index (χ0v) is 13.7. The van der Waals surface area contributed by atoms with Crippen LogP contribution in [0, 0.1) is 0 Å². The van der Waals surface area contributed by atoms with E-state index < -0.39 is 21.8 Å². The largest absolute Gasteiger partial charge is 0.462 e. The number of nitrogens with zero attached hydrogens (tertiary/aromatic N) is 1. The van der Waals surface area contributed by atoms with Crippen molar-refractivity contribution in [2.75, 3.05) is 19.7 Å². The van der Waals surface area contributed by atoms with Crippen LogP contribution in [0.2, 0.25) is 0 Å². The van der Waals surface area contributed by atoms with Crippen LogP contribution in [-0.4, -0.2) is 50.0 Å². The third-order valence-corrected chi connectivity index (χ3v) is 5.51. The van der Waals surface area contributed by atoms with E-state index in [2.05, 4.69) is 6.58 Å². The van der Waals surface area contributed by atoms with Crippen LogP contribution in [0.4, 0.5) is 0 Å². The smallest absolute Gasteiger partial charge is 0.337 e. The summed E-state index contributed by atoms with van der Waals surface area (Å²) < 4.78 is 25.0. The maximum Gasteiger partial charge on any atom is 0.337 e. The summed E-state index contributed by atoms with van der Waals surface area (Å²) in [6, 6.07) is 0. The van der Waals surface area contributed by atoms with Crippen molar-refractivity contribution in [1.29, 1.82) is 0 Å². The topological polar surface area (TPSA) is 83.9 Å². The molecular weight excluding hydrogens is 306 g/mol. The van der Waals surface area contributed by atoms with Crippen molar-refractivity contribution in [3.63, 3.8) is 0 Å². The molecule has 0 radical (unpaired) electrons. The van der Waals surface area contributed by atoms with Gasteiger partial charge in [0.1, 0.15) is 0 Å². The zero-order valence-electron chi connectivity index (χ0n) is 12.9. The van der Waals surface area contributed by atoms with Gasteiger partial charge in [-0.25, -0.2) is 9.00 Å². The van der Waals surface area contributed by atoms with Crippen molar-refractivity contribution in [3.05, 3.63) is 23.3 Å². The van der Waals surface area contributed by atoms with E-state index in [0.29, 0.717) is 37.0 Å². The second kappa shape index (κ2) is 6.34. The molecule has 1 unspecified atom stereocenters. The summed E-state index contributed by atoms with van der Waals surface area (Å²) in [7, 11) is 0. The van der Waals surface area contributed by atoms with E-state index in [1.165, 1.54) is 0 Å². The molecular formula is C15H21NO5S. The summed E-state index contributed by atoms with van der Waals surface area (Å²) in [5.74, 6) is -0.711. The Balaban J connectivity index is 2.12. The lowest BCUT2D eigenvalue weighted by molar-refractivity contribution is -0.138. The monoisotopic (exact) mass is 327 g/mol. The molecule has 0 aromatic carbocycles. The van der Waals surface area contributed by atoms with Crippen molar-refractivity contribution in [2.24, 2.45) is 0 Å². The molecule has 7 heteroatoms. The van der Waals surface area contributed by atoms with Gasteiger partial charge in [0.15, 0.2) is 11.1 Å². The molecule has 6 nitrogen and oxygen atoms in total. The van der Waals surface area contributed by atoms with Gasteiger partial charge in [0.05, 0.1) is 16.9 Å². The van der Waals surface area contributed by atoms with Crippen molar-refractivity contribution < 1.29 is 23.1 Å². The lowest BCUT2D eigenvalue weighted by atomic mass is 9.94. The van der Waals surface area contributed by atoms with Gasteiger partial charge in [-0.2, -0.15) is 0 Å². The lowest BCUT2D eigenvalue weighted by Gasteiger charge is -2.31. The van der Waals surface area contributed by atoms with Crippen LogP contribution in [0.1, 0.15) is 33.1 Å². The van der Waals surface area contributed by atoms with E-state index in [-0.39, 0.29) is 24.6 Å². The molecule has 0 aromatic rings. The second-order valence-electron chi connectivity index (χ2n) is 5.71. The molecule has 1 amide bonds. The number of ether oxygens (including phenoxy) is 1. The maximum atomic E-state index is 12.4. The Morgan fingerprint density at radius 1 is 1.50 bits per heavy atom. The van der Waals surface area contributed by atoms with Crippen LogP contribution >= 0.6 is 0 Å². The van der Waals surface area contributed by atoms with E-state index in [0.717, 1.165) is 0 Å². The maximum absolute atomic E-state index is 12.4. The number of esters is 1. The molecule has 0 saturated heterocycles. The molecule has 1 fully saturated rings. The third kappa shape index (κ3) is 3.15. The lowest BCUT2D eigenvalue weighted by Crippen LogP contribution is -2.44. The van der Waals surface area contributed by atoms with Crippen LogP contribution in [0.5, 0.6) is 0 Å². The van der Waals surface area contributed by atoms with Gasteiger partial charge in [0, 0.05) is 18.7 Å². The number of hydrogen-bond acceptors (Lipinski definition) is 4. The average molecular weight is 327 g/mol. The van der Waals surface area contributed by atoms with Gasteiger partial charge in [0.25, 0.3) is 0 Å². The van der Waals surface area contributed by atoms with Gasteiger partial charge in [0.2, 0.25) is 5.91 Å². The third-order valence-electron chi connectivity index (χ3n) is 4.24. The standard InChI is InChI=1S/C15H21NO5S/c1-4-21-14(18)11(3)12-5-8-16(13(17)10(12)2)9-15(6-7-15)22(19)20/h3-9H2,1-2H3,(H,19,20). The molecule has 1 heterocycles. The fourth-order valence-corrected chi connectivity index (χ4v) is 3.36. The highest BCUT2D eigenvalue weighted by molar-refractivity contribution is 7.81. The molecule has 0 aromatic heterocycles. The van der Waals surface area contributed by atoms with E-state index in [1.54, 1.807) is 18.7 Å². The van der Waals surface area contributed by atoms with Crippen LogP contribution in [0.15, 0.2) is 23.3 Å². The Labute approximate surface area is 132 Å². The highest BCUT2D eigenvalue weighted by atomic mass is 32.2. The van der Waals surface area contributed by atoms with Gasteiger partial charge in [-0.15, -0.1) is 0 Å². The Bertz CT molecular complexity index is 576. The molecule has 0 spiro atoms.